The van der Waals surface area contributed by atoms with Gasteiger partial charge in [-0.3, -0.25) is 4.79 Å². The van der Waals surface area contributed by atoms with Gasteiger partial charge in [-0.1, -0.05) is 31.9 Å². The van der Waals surface area contributed by atoms with E-state index in [2.05, 4.69) is 51.9 Å². The van der Waals surface area contributed by atoms with Crippen LogP contribution in [-0.2, 0) is 13.0 Å². The van der Waals surface area contributed by atoms with Crippen molar-refractivity contribution in [2.75, 3.05) is 0 Å². The third kappa shape index (κ3) is 3.03. The third-order valence-electron chi connectivity index (χ3n) is 3.50. The molecular weight excluding hydrogens is 400 g/mol. The van der Waals surface area contributed by atoms with Crippen molar-refractivity contribution in [2.45, 2.75) is 32.4 Å². The Labute approximate surface area is 139 Å². The lowest BCUT2D eigenvalue weighted by atomic mass is 10.2. The summed E-state index contributed by atoms with van der Waals surface area (Å²) in [4.78, 5) is 12.3. The molecule has 0 saturated heterocycles. The fourth-order valence-electron chi connectivity index (χ4n) is 2.52. The van der Waals surface area contributed by atoms with Gasteiger partial charge in [-0.05, 0) is 31.5 Å². The molecule has 0 fully saturated rings. The van der Waals surface area contributed by atoms with Gasteiger partial charge in [0, 0.05) is 27.5 Å². The number of aromatic nitrogens is 3. The Morgan fingerprint density at radius 2 is 2.00 bits per heavy atom. The van der Waals surface area contributed by atoms with Crippen LogP contribution in [0.4, 0.5) is 0 Å². The number of halogens is 2. The molecule has 0 bridgehead atoms. The van der Waals surface area contributed by atoms with Gasteiger partial charge in [0.25, 0.3) is 5.91 Å². The molecule has 0 radical (unpaired) electrons. The van der Waals surface area contributed by atoms with E-state index in [1.54, 1.807) is 12.1 Å². The predicted octanol–water partition coefficient (Wildman–Crippen LogP) is 3.24. The second-order valence-corrected chi connectivity index (χ2v) is 6.91. The first-order valence-corrected chi connectivity index (χ1v) is 8.32. The van der Waals surface area contributed by atoms with Gasteiger partial charge in [0.2, 0.25) is 0 Å². The summed E-state index contributed by atoms with van der Waals surface area (Å²) in [5, 5.41) is 11.4. The summed E-state index contributed by atoms with van der Waals surface area (Å²) in [6.45, 7) is 2.86. The van der Waals surface area contributed by atoms with Crippen molar-refractivity contribution in [3.05, 3.63) is 44.4 Å². The molecule has 1 aromatic heterocycles. The summed E-state index contributed by atoms with van der Waals surface area (Å²) in [6.07, 6.45) is 2.06. The molecule has 110 valence electrons. The maximum atomic E-state index is 12.3. The largest absolute Gasteiger partial charge is 0.342 e. The Morgan fingerprint density at radius 3 is 2.71 bits per heavy atom. The van der Waals surface area contributed by atoms with Gasteiger partial charge in [0.15, 0.2) is 5.82 Å². The maximum absolute atomic E-state index is 12.3. The van der Waals surface area contributed by atoms with Crippen LogP contribution in [0.1, 0.15) is 41.4 Å². The second kappa shape index (κ2) is 5.88. The van der Waals surface area contributed by atoms with Crippen molar-refractivity contribution in [3.63, 3.8) is 0 Å². The molecule has 5 nitrogen and oxygen atoms in total. The summed E-state index contributed by atoms with van der Waals surface area (Å²) in [5.41, 5.74) is 0.601. The molecule has 1 aromatic carbocycles. The monoisotopic (exact) mass is 412 g/mol. The number of carbonyl (C=O) groups excluding carboxylic acids is 1. The highest BCUT2D eigenvalue weighted by molar-refractivity contribution is 9.11. The minimum absolute atomic E-state index is 0.125. The van der Waals surface area contributed by atoms with Crippen LogP contribution < -0.4 is 5.32 Å². The number of nitrogens with zero attached hydrogens (tertiary/aromatic N) is 3. The minimum atomic E-state index is -0.172. The number of benzene rings is 1. The van der Waals surface area contributed by atoms with Crippen LogP contribution in [0.3, 0.4) is 0 Å². The number of hydrogen-bond acceptors (Lipinski definition) is 3. The van der Waals surface area contributed by atoms with E-state index in [9.17, 15) is 4.79 Å². The molecule has 0 spiro atoms. The van der Waals surface area contributed by atoms with Crippen molar-refractivity contribution >= 4 is 37.8 Å². The van der Waals surface area contributed by atoms with Crippen LogP contribution >= 0.6 is 31.9 Å². The van der Waals surface area contributed by atoms with Crippen LogP contribution in [-0.4, -0.2) is 20.7 Å². The molecule has 0 saturated carbocycles. The molecule has 1 aliphatic heterocycles. The molecule has 21 heavy (non-hydrogen) atoms. The summed E-state index contributed by atoms with van der Waals surface area (Å²) in [6, 6.07) is 5.31. The average molecular weight is 414 g/mol. The number of fused-ring (bicyclic) bond motifs is 1. The second-order valence-electron chi connectivity index (χ2n) is 5.08. The van der Waals surface area contributed by atoms with E-state index in [4.69, 9.17) is 0 Å². The molecule has 2 heterocycles. The quantitative estimate of drug-likeness (QED) is 0.840. The Kier molecular flexibility index (Phi) is 4.12. The molecule has 1 N–H and O–H groups in total. The van der Waals surface area contributed by atoms with E-state index < -0.39 is 0 Å². The van der Waals surface area contributed by atoms with Gasteiger partial charge in [0.1, 0.15) is 5.82 Å². The Balaban J connectivity index is 1.77. The van der Waals surface area contributed by atoms with Crippen molar-refractivity contribution < 1.29 is 4.79 Å². The smallest absolute Gasteiger partial charge is 0.251 e. The SMILES string of the molecule is CC(NC(=O)c1cc(Br)cc(Br)c1)c1nnc2n1CCC2. The zero-order valence-corrected chi connectivity index (χ0v) is 14.6. The van der Waals surface area contributed by atoms with Crippen LogP contribution in [0, 0.1) is 0 Å². The first kappa shape index (κ1) is 14.7. The summed E-state index contributed by atoms with van der Waals surface area (Å²) in [7, 11) is 0. The number of rotatable bonds is 3. The lowest BCUT2D eigenvalue weighted by molar-refractivity contribution is 0.0937. The van der Waals surface area contributed by atoms with Crippen molar-refractivity contribution in [3.8, 4) is 0 Å². The van der Waals surface area contributed by atoms with Crippen molar-refractivity contribution in [1.82, 2.24) is 20.1 Å². The molecule has 1 aliphatic rings. The highest BCUT2D eigenvalue weighted by Gasteiger charge is 2.22. The molecule has 1 unspecified atom stereocenters. The number of aryl methyl sites for hydroxylation is 1. The zero-order chi connectivity index (χ0) is 15.0. The summed E-state index contributed by atoms with van der Waals surface area (Å²) < 4.78 is 3.82. The molecule has 2 aromatic rings. The first-order valence-electron chi connectivity index (χ1n) is 6.73. The summed E-state index contributed by atoms with van der Waals surface area (Å²) in [5.74, 6) is 1.71. The zero-order valence-electron chi connectivity index (χ0n) is 11.4. The number of hydrogen-bond donors (Lipinski definition) is 1. The highest BCUT2D eigenvalue weighted by atomic mass is 79.9. The molecular formula is C14H14Br2N4O. The average Bonchev–Trinajstić information content (AvgIpc) is 2.99. The van der Waals surface area contributed by atoms with Crippen LogP contribution in [0.5, 0.6) is 0 Å². The van der Waals surface area contributed by atoms with Gasteiger partial charge in [-0.15, -0.1) is 10.2 Å². The van der Waals surface area contributed by atoms with Crippen LogP contribution in [0.15, 0.2) is 27.1 Å². The maximum Gasteiger partial charge on any atom is 0.251 e. The number of amides is 1. The van der Waals surface area contributed by atoms with E-state index in [0.717, 1.165) is 40.0 Å². The van der Waals surface area contributed by atoms with E-state index >= 15 is 0 Å². The van der Waals surface area contributed by atoms with Gasteiger partial charge >= 0.3 is 0 Å². The Hall–Kier alpha value is -1.21. The minimum Gasteiger partial charge on any atom is -0.342 e. The molecule has 3 rings (SSSR count). The fraction of sp³-hybridized carbons (Fsp3) is 0.357. The third-order valence-corrected chi connectivity index (χ3v) is 4.41. The molecule has 1 amide bonds. The van der Waals surface area contributed by atoms with E-state index in [1.165, 1.54) is 0 Å². The van der Waals surface area contributed by atoms with E-state index in [-0.39, 0.29) is 11.9 Å². The highest BCUT2D eigenvalue weighted by Crippen LogP contribution is 2.22. The predicted molar refractivity (Wildman–Crippen MR) is 86.1 cm³/mol. The fourth-order valence-corrected chi connectivity index (χ4v) is 3.82. The van der Waals surface area contributed by atoms with Crippen molar-refractivity contribution in [1.29, 1.82) is 0 Å². The molecule has 1 atom stereocenters. The number of nitrogens with one attached hydrogen (secondary N) is 1. The first-order chi connectivity index (χ1) is 10.0. The standard InChI is InChI=1S/C14H14Br2N4O/c1-8(13-19-18-12-3-2-4-20(12)13)17-14(21)9-5-10(15)7-11(16)6-9/h5-8H,2-4H2,1H3,(H,17,21). The van der Waals surface area contributed by atoms with Crippen molar-refractivity contribution in [2.24, 2.45) is 0 Å². The van der Waals surface area contributed by atoms with E-state index in [0.29, 0.717) is 5.56 Å². The normalized spacial score (nSPS) is 14.8. The molecule has 0 aliphatic carbocycles. The van der Waals surface area contributed by atoms with Crippen LogP contribution in [0.2, 0.25) is 0 Å². The van der Waals surface area contributed by atoms with E-state index in [1.807, 2.05) is 13.0 Å². The Morgan fingerprint density at radius 1 is 1.29 bits per heavy atom. The van der Waals surface area contributed by atoms with Gasteiger partial charge in [0.05, 0.1) is 6.04 Å². The lowest BCUT2D eigenvalue weighted by Gasteiger charge is -2.14. The topological polar surface area (TPSA) is 59.8 Å². The van der Waals surface area contributed by atoms with Gasteiger partial charge in [-0.25, -0.2) is 0 Å². The Bertz CT molecular complexity index is 678. The van der Waals surface area contributed by atoms with Gasteiger partial charge in [-0.2, -0.15) is 0 Å². The lowest BCUT2D eigenvalue weighted by Crippen LogP contribution is -2.28. The molecule has 7 heteroatoms. The van der Waals surface area contributed by atoms with Crippen LogP contribution in [0.25, 0.3) is 0 Å². The van der Waals surface area contributed by atoms with Gasteiger partial charge < -0.3 is 9.88 Å². The summed E-state index contributed by atoms with van der Waals surface area (Å²) >= 11 is 6.78. The number of carbonyl (C=O) groups is 1.